The molecule has 1 heterocycles. The largest absolute Gasteiger partial charge is 0.351 e. The molecule has 0 bridgehead atoms. The van der Waals surface area contributed by atoms with Gasteiger partial charge in [0.2, 0.25) is 5.82 Å². The third-order valence-electron chi connectivity index (χ3n) is 3.60. The maximum atomic E-state index is 14.0. The first kappa shape index (κ1) is 17.6. The van der Waals surface area contributed by atoms with Crippen LogP contribution in [-0.4, -0.2) is 17.5 Å². The maximum absolute atomic E-state index is 14.0. The molecule has 3 rings (SSSR count). The van der Waals surface area contributed by atoms with Gasteiger partial charge < -0.3 is 10.3 Å². The number of benzene rings is 1. The summed E-state index contributed by atoms with van der Waals surface area (Å²) >= 11 is 3.11. The number of hydrogen-bond acceptors (Lipinski definition) is 4. The van der Waals surface area contributed by atoms with E-state index in [0.29, 0.717) is 17.0 Å². The smallest absolute Gasteiger partial charge is 0.291 e. The Morgan fingerprint density at radius 3 is 2.72 bits per heavy atom. The summed E-state index contributed by atoms with van der Waals surface area (Å²) in [5, 5.41) is 2.48. The van der Waals surface area contributed by atoms with E-state index >= 15 is 0 Å². The normalized spacial score (nSPS) is 13.6. The first-order chi connectivity index (χ1) is 11.9. The van der Waals surface area contributed by atoms with Crippen molar-refractivity contribution in [3.05, 3.63) is 56.4 Å². The van der Waals surface area contributed by atoms with Crippen molar-refractivity contribution in [3.63, 3.8) is 0 Å². The Kier molecular flexibility index (Phi) is 5.14. The van der Waals surface area contributed by atoms with Crippen molar-refractivity contribution in [1.29, 1.82) is 0 Å². The fourth-order valence-electron chi connectivity index (χ4n) is 2.06. The summed E-state index contributed by atoms with van der Waals surface area (Å²) in [5.41, 5.74) is 0.519. The zero-order valence-corrected chi connectivity index (χ0v) is 14.5. The highest BCUT2D eigenvalue weighted by molar-refractivity contribution is 9.10. The van der Waals surface area contributed by atoms with Crippen LogP contribution < -0.4 is 16.4 Å². The molecule has 0 atom stereocenters. The van der Waals surface area contributed by atoms with Crippen molar-refractivity contribution in [2.24, 2.45) is 5.92 Å². The van der Waals surface area contributed by atoms with Crippen LogP contribution in [0.25, 0.3) is 0 Å². The fourth-order valence-corrected chi connectivity index (χ4v) is 2.39. The van der Waals surface area contributed by atoms with Crippen molar-refractivity contribution < 1.29 is 18.4 Å². The van der Waals surface area contributed by atoms with E-state index in [1.165, 1.54) is 12.1 Å². The number of hydroxylamine groups is 1. The average Bonchev–Trinajstić information content (AvgIpc) is 3.38. The molecule has 0 saturated heterocycles. The van der Waals surface area contributed by atoms with Gasteiger partial charge >= 0.3 is 0 Å². The molecule has 6 nitrogen and oxygen atoms in total. The van der Waals surface area contributed by atoms with Crippen molar-refractivity contribution in [2.45, 2.75) is 12.8 Å². The molecule has 1 fully saturated rings. The van der Waals surface area contributed by atoms with Gasteiger partial charge in [-0.3, -0.25) is 14.4 Å². The maximum Gasteiger partial charge on any atom is 0.291 e. The molecule has 0 unspecified atom stereocenters. The summed E-state index contributed by atoms with van der Waals surface area (Å²) < 4.78 is 28.4. The lowest BCUT2D eigenvalue weighted by molar-refractivity contribution is 0.0266. The van der Waals surface area contributed by atoms with Gasteiger partial charge in [0.15, 0.2) is 0 Å². The summed E-state index contributed by atoms with van der Waals surface area (Å²) in [6.45, 7) is 0.381. The van der Waals surface area contributed by atoms with Crippen LogP contribution in [0.15, 0.2) is 33.5 Å². The third-order valence-corrected chi connectivity index (χ3v) is 4.09. The van der Waals surface area contributed by atoms with Crippen LogP contribution in [0.1, 0.15) is 23.3 Å². The van der Waals surface area contributed by atoms with Crippen LogP contribution in [0.5, 0.6) is 0 Å². The molecular formula is C16H14BrF2N3O3. The Labute approximate surface area is 149 Å². The Morgan fingerprint density at radius 2 is 2.04 bits per heavy atom. The van der Waals surface area contributed by atoms with Gasteiger partial charge in [0.25, 0.3) is 11.5 Å². The van der Waals surface area contributed by atoms with Crippen LogP contribution >= 0.6 is 15.9 Å². The van der Waals surface area contributed by atoms with Gasteiger partial charge in [-0.2, -0.15) is 4.39 Å². The minimum atomic E-state index is -1.15. The zero-order chi connectivity index (χ0) is 18.0. The predicted molar refractivity (Wildman–Crippen MR) is 90.5 cm³/mol. The first-order valence-electron chi connectivity index (χ1n) is 7.51. The number of amides is 1. The highest BCUT2D eigenvalue weighted by atomic mass is 79.9. The number of anilines is 2. The van der Waals surface area contributed by atoms with Gasteiger partial charge in [-0.05, 0) is 43.0 Å². The van der Waals surface area contributed by atoms with Gasteiger partial charge in [0.1, 0.15) is 11.5 Å². The second-order valence-electron chi connectivity index (χ2n) is 5.67. The fraction of sp³-hybridized carbons (Fsp3) is 0.250. The van der Waals surface area contributed by atoms with Crippen molar-refractivity contribution >= 4 is 33.2 Å². The molecule has 1 aromatic carbocycles. The molecule has 3 N–H and O–H groups in total. The molecule has 0 aliphatic heterocycles. The van der Waals surface area contributed by atoms with Crippen LogP contribution in [0.2, 0.25) is 0 Å². The number of carbonyl (C=O) groups is 1. The highest BCUT2D eigenvalue weighted by Gasteiger charge is 2.22. The minimum absolute atomic E-state index is 0.0379. The zero-order valence-electron chi connectivity index (χ0n) is 12.9. The minimum Gasteiger partial charge on any atom is -0.351 e. The lowest BCUT2D eigenvalue weighted by atomic mass is 10.2. The molecule has 132 valence electrons. The summed E-state index contributed by atoms with van der Waals surface area (Å²) in [7, 11) is 0. The van der Waals surface area contributed by atoms with E-state index in [9.17, 15) is 18.4 Å². The molecule has 1 amide bonds. The van der Waals surface area contributed by atoms with Crippen LogP contribution in [0.3, 0.4) is 0 Å². The Morgan fingerprint density at radius 1 is 1.28 bits per heavy atom. The molecule has 0 spiro atoms. The molecule has 0 radical (unpaired) electrons. The number of rotatable bonds is 6. The standard InChI is InChI=1S/C16H14BrF2N3O3/c17-9-3-4-11(10(18)5-9)20-12-6-13(21-16(24)14(12)19)15(23)22-25-7-8-1-2-8/h3-6,8H,1-2,7H2,(H,22,23)(H2,20,21,24). The number of hydrogen-bond donors (Lipinski definition) is 3. The van der Waals surface area contributed by atoms with Gasteiger partial charge in [0.05, 0.1) is 18.0 Å². The number of pyridine rings is 1. The summed E-state index contributed by atoms with van der Waals surface area (Å²) in [5.74, 6) is -2.09. The monoisotopic (exact) mass is 413 g/mol. The molecule has 1 aliphatic carbocycles. The molecular weight excluding hydrogens is 400 g/mol. The van der Waals surface area contributed by atoms with Gasteiger partial charge in [-0.25, -0.2) is 9.87 Å². The lowest BCUT2D eigenvalue weighted by Gasteiger charge is -2.11. The second-order valence-corrected chi connectivity index (χ2v) is 6.59. The van der Waals surface area contributed by atoms with E-state index in [0.717, 1.165) is 18.9 Å². The molecule has 1 saturated carbocycles. The third kappa shape index (κ3) is 4.43. The van der Waals surface area contributed by atoms with Gasteiger partial charge in [-0.15, -0.1) is 0 Å². The van der Waals surface area contributed by atoms with E-state index < -0.39 is 23.1 Å². The summed E-state index contributed by atoms with van der Waals surface area (Å²) in [6.07, 6.45) is 2.10. The second kappa shape index (κ2) is 7.32. The van der Waals surface area contributed by atoms with Crippen LogP contribution in [0.4, 0.5) is 20.2 Å². The number of aromatic amines is 1. The molecule has 1 aromatic heterocycles. The quantitative estimate of drug-likeness (QED) is 0.634. The highest BCUT2D eigenvalue weighted by Crippen LogP contribution is 2.28. The van der Waals surface area contributed by atoms with E-state index in [-0.39, 0.29) is 17.1 Å². The van der Waals surface area contributed by atoms with E-state index in [4.69, 9.17) is 4.84 Å². The predicted octanol–water partition coefficient (Wildman–Crippen LogP) is 3.23. The molecule has 25 heavy (non-hydrogen) atoms. The van der Waals surface area contributed by atoms with E-state index in [2.05, 4.69) is 31.7 Å². The Bertz CT molecular complexity index is 868. The number of carbonyl (C=O) groups excluding carboxylic acids is 1. The topological polar surface area (TPSA) is 83.2 Å². The number of nitrogens with one attached hydrogen (secondary N) is 3. The van der Waals surface area contributed by atoms with Crippen molar-refractivity contribution in [3.8, 4) is 0 Å². The van der Waals surface area contributed by atoms with E-state index in [1.54, 1.807) is 6.07 Å². The lowest BCUT2D eigenvalue weighted by Crippen LogP contribution is -2.28. The first-order valence-corrected chi connectivity index (χ1v) is 8.30. The average molecular weight is 414 g/mol. The number of halogens is 3. The van der Waals surface area contributed by atoms with E-state index in [1.807, 2.05) is 0 Å². The number of aromatic nitrogens is 1. The van der Waals surface area contributed by atoms with Crippen molar-refractivity contribution in [2.75, 3.05) is 11.9 Å². The Hall–Kier alpha value is -2.26. The SMILES string of the molecule is O=C(NOCC1CC1)c1cc(Nc2ccc(Br)cc2F)c(F)c(=O)[nH]1. The molecule has 2 aromatic rings. The van der Waals surface area contributed by atoms with Gasteiger partial charge in [0, 0.05) is 4.47 Å². The summed E-state index contributed by atoms with van der Waals surface area (Å²) in [4.78, 5) is 30.8. The van der Waals surface area contributed by atoms with Crippen molar-refractivity contribution in [1.82, 2.24) is 10.5 Å². The number of H-pyrrole nitrogens is 1. The molecule has 9 heteroatoms. The Balaban J connectivity index is 1.79. The van der Waals surface area contributed by atoms with Crippen LogP contribution in [-0.2, 0) is 4.84 Å². The molecule has 1 aliphatic rings. The van der Waals surface area contributed by atoms with Gasteiger partial charge in [-0.1, -0.05) is 15.9 Å². The summed E-state index contributed by atoms with van der Waals surface area (Å²) in [6, 6.07) is 5.19. The van der Waals surface area contributed by atoms with Crippen LogP contribution in [0, 0.1) is 17.6 Å².